The molecule has 4 nitrogen and oxygen atoms in total. The predicted octanol–water partition coefficient (Wildman–Crippen LogP) is 2.46. The highest BCUT2D eigenvalue weighted by Gasteiger charge is 2.13. The lowest BCUT2D eigenvalue weighted by Crippen LogP contribution is -2.10. The van der Waals surface area contributed by atoms with Crippen molar-refractivity contribution in [2.45, 2.75) is 6.54 Å². The average Bonchev–Trinajstić information content (AvgIpc) is 2.86. The van der Waals surface area contributed by atoms with Crippen LogP contribution in [0.25, 0.3) is 0 Å². The molecule has 16 heavy (non-hydrogen) atoms. The maximum absolute atomic E-state index is 11.9. The van der Waals surface area contributed by atoms with Crippen LogP contribution in [-0.4, -0.2) is 15.3 Å². The van der Waals surface area contributed by atoms with Gasteiger partial charge in [0.1, 0.15) is 6.07 Å². The Bertz CT molecular complexity index is 567. The lowest BCUT2D eigenvalue weighted by Gasteiger charge is -2.01. The summed E-state index contributed by atoms with van der Waals surface area (Å²) < 4.78 is 2.33. The van der Waals surface area contributed by atoms with E-state index < -0.39 is 0 Å². The van der Waals surface area contributed by atoms with Crippen molar-refractivity contribution in [3.05, 3.63) is 39.0 Å². The Labute approximate surface area is 104 Å². The van der Waals surface area contributed by atoms with Crippen LogP contribution in [0.5, 0.6) is 0 Å². The van der Waals surface area contributed by atoms with Crippen molar-refractivity contribution in [2.24, 2.45) is 0 Å². The standard InChI is InChI=1S/C10H6BrN3OS/c11-7-1-4-16-10(7)8(15)6-14-3-2-13-9(14)5-12/h1-4H,6H2. The minimum Gasteiger partial charge on any atom is -0.315 e. The molecule has 0 atom stereocenters. The molecule has 0 unspecified atom stereocenters. The first-order valence-corrected chi connectivity index (χ1v) is 6.07. The van der Waals surface area contributed by atoms with Gasteiger partial charge < -0.3 is 4.57 Å². The number of nitriles is 1. The molecule has 0 aliphatic carbocycles. The number of hydrogen-bond donors (Lipinski definition) is 0. The highest BCUT2D eigenvalue weighted by molar-refractivity contribution is 9.10. The molecular formula is C10H6BrN3OS. The van der Waals surface area contributed by atoms with Gasteiger partial charge in [0, 0.05) is 16.9 Å². The second-order valence-electron chi connectivity index (χ2n) is 3.01. The van der Waals surface area contributed by atoms with E-state index in [0.717, 1.165) is 4.47 Å². The molecule has 2 aromatic rings. The summed E-state index contributed by atoms with van der Waals surface area (Å²) in [5.74, 6) is 0.220. The summed E-state index contributed by atoms with van der Waals surface area (Å²) >= 11 is 4.69. The first kappa shape index (κ1) is 11.0. The van der Waals surface area contributed by atoms with Crippen molar-refractivity contribution in [3.8, 4) is 6.07 Å². The number of halogens is 1. The number of nitrogens with zero attached hydrogens (tertiary/aromatic N) is 3. The van der Waals surface area contributed by atoms with Gasteiger partial charge >= 0.3 is 0 Å². The summed E-state index contributed by atoms with van der Waals surface area (Å²) in [6.45, 7) is 0.141. The fourth-order valence-corrected chi connectivity index (χ4v) is 2.79. The first-order valence-electron chi connectivity index (χ1n) is 4.40. The summed E-state index contributed by atoms with van der Waals surface area (Å²) in [5.41, 5.74) is 0. The Hall–Kier alpha value is -1.45. The van der Waals surface area contributed by atoms with Gasteiger partial charge in [0.05, 0.1) is 11.4 Å². The maximum Gasteiger partial charge on any atom is 0.213 e. The number of rotatable bonds is 3. The molecule has 2 rings (SSSR count). The van der Waals surface area contributed by atoms with E-state index in [1.54, 1.807) is 6.20 Å². The van der Waals surface area contributed by atoms with E-state index in [9.17, 15) is 4.79 Å². The highest BCUT2D eigenvalue weighted by atomic mass is 79.9. The van der Waals surface area contributed by atoms with E-state index in [2.05, 4.69) is 20.9 Å². The summed E-state index contributed by atoms with van der Waals surface area (Å²) in [5, 5.41) is 10.6. The molecule has 0 aliphatic rings. The molecule has 0 fully saturated rings. The van der Waals surface area contributed by atoms with Crippen LogP contribution in [0.15, 0.2) is 28.3 Å². The van der Waals surface area contributed by atoms with Crippen LogP contribution in [-0.2, 0) is 6.54 Å². The van der Waals surface area contributed by atoms with Gasteiger partial charge in [-0.1, -0.05) is 0 Å². The molecule has 0 saturated carbocycles. The van der Waals surface area contributed by atoms with Crippen molar-refractivity contribution in [2.75, 3.05) is 0 Å². The molecule has 2 heterocycles. The number of carbonyl (C=O) groups excluding carboxylic acids is 1. The third-order valence-electron chi connectivity index (χ3n) is 2.00. The van der Waals surface area contributed by atoms with Crippen molar-refractivity contribution in [3.63, 3.8) is 0 Å². The maximum atomic E-state index is 11.9. The van der Waals surface area contributed by atoms with Crippen LogP contribution in [0.3, 0.4) is 0 Å². The van der Waals surface area contributed by atoms with Crippen LogP contribution in [0.1, 0.15) is 15.5 Å². The zero-order valence-electron chi connectivity index (χ0n) is 8.05. The SMILES string of the molecule is N#Cc1nccn1CC(=O)c1sccc1Br. The van der Waals surface area contributed by atoms with E-state index in [1.165, 1.54) is 22.1 Å². The Kier molecular flexibility index (Phi) is 3.17. The minimum absolute atomic E-state index is 0.0311. The van der Waals surface area contributed by atoms with Crippen molar-refractivity contribution < 1.29 is 4.79 Å². The summed E-state index contributed by atoms with van der Waals surface area (Å²) in [4.78, 5) is 16.4. The van der Waals surface area contributed by atoms with Crippen molar-refractivity contribution >= 4 is 33.0 Å². The van der Waals surface area contributed by atoms with E-state index in [4.69, 9.17) is 5.26 Å². The van der Waals surface area contributed by atoms with Gasteiger partial charge in [-0.05, 0) is 27.4 Å². The number of carbonyl (C=O) groups is 1. The lowest BCUT2D eigenvalue weighted by molar-refractivity contribution is 0.0975. The second kappa shape index (κ2) is 4.60. The predicted molar refractivity (Wildman–Crippen MR) is 63.3 cm³/mol. The molecular weight excluding hydrogens is 290 g/mol. The van der Waals surface area contributed by atoms with Crippen LogP contribution >= 0.6 is 27.3 Å². The Morgan fingerprint density at radius 1 is 1.69 bits per heavy atom. The average molecular weight is 296 g/mol. The third kappa shape index (κ3) is 2.05. The zero-order valence-corrected chi connectivity index (χ0v) is 10.5. The van der Waals surface area contributed by atoms with Gasteiger partial charge in [0.25, 0.3) is 0 Å². The number of thiophene rings is 1. The van der Waals surface area contributed by atoms with Crippen LogP contribution in [0.4, 0.5) is 0 Å². The monoisotopic (exact) mass is 295 g/mol. The Morgan fingerprint density at radius 3 is 3.12 bits per heavy atom. The molecule has 0 spiro atoms. The summed E-state index contributed by atoms with van der Waals surface area (Å²) in [6, 6.07) is 3.76. The third-order valence-corrected chi connectivity index (χ3v) is 3.88. The molecule has 0 radical (unpaired) electrons. The molecule has 80 valence electrons. The normalized spacial score (nSPS) is 10.0. The molecule has 2 aromatic heterocycles. The van der Waals surface area contributed by atoms with Crippen LogP contribution in [0.2, 0.25) is 0 Å². The highest BCUT2D eigenvalue weighted by Crippen LogP contribution is 2.23. The Morgan fingerprint density at radius 2 is 2.50 bits per heavy atom. The van der Waals surface area contributed by atoms with Crippen LogP contribution < -0.4 is 0 Å². The van der Waals surface area contributed by atoms with Crippen molar-refractivity contribution in [1.82, 2.24) is 9.55 Å². The van der Waals surface area contributed by atoms with Crippen LogP contribution in [0, 0.1) is 11.3 Å². The molecule has 0 saturated heterocycles. The minimum atomic E-state index is -0.0311. The van der Waals surface area contributed by atoms with Crippen molar-refractivity contribution in [1.29, 1.82) is 5.26 Å². The first-order chi connectivity index (χ1) is 7.72. The molecule has 0 aromatic carbocycles. The second-order valence-corrected chi connectivity index (χ2v) is 4.78. The molecule has 0 N–H and O–H groups in total. The fourth-order valence-electron chi connectivity index (χ4n) is 1.27. The van der Waals surface area contributed by atoms with E-state index in [-0.39, 0.29) is 18.2 Å². The van der Waals surface area contributed by atoms with Gasteiger partial charge in [0.2, 0.25) is 5.82 Å². The smallest absolute Gasteiger partial charge is 0.213 e. The molecule has 0 bridgehead atoms. The quantitative estimate of drug-likeness (QED) is 0.817. The molecule has 0 aliphatic heterocycles. The largest absolute Gasteiger partial charge is 0.315 e. The van der Waals surface area contributed by atoms with Gasteiger partial charge in [-0.3, -0.25) is 4.79 Å². The van der Waals surface area contributed by atoms with E-state index in [0.29, 0.717) is 4.88 Å². The van der Waals surface area contributed by atoms with Gasteiger partial charge in [-0.2, -0.15) is 5.26 Å². The van der Waals surface area contributed by atoms with Gasteiger partial charge in [0.15, 0.2) is 5.78 Å². The number of imidazole rings is 1. The van der Waals surface area contributed by atoms with Gasteiger partial charge in [-0.15, -0.1) is 11.3 Å². The van der Waals surface area contributed by atoms with E-state index >= 15 is 0 Å². The zero-order chi connectivity index (χ0) is 11.5. The topological polar surface area (TPSA) is 58.7 Å². The number of Topliss-reactive ketones (excluding diaryl/α,β-unsaturated/α-hetero) is 1. The number of aromatic nitrogens is 2. The molecule has 6 heteroatoms. The number of hydrogen-bond acceptors (Lipinski definition) is 4. The fraction of sp³-hybridized carbons (Fsp3) is 0.100. The molecule has 0 amide bonds. The Balaban J connectivity index is 2.21. The van der Waals surface area contributed by atoms with E-state index in [1.807, 2.05) is 17.5 Å². The van der Waals surface area contributed by atoms with Gasteiger partial charge in [-0.25, -0.2) is 4.98 Å². The lowest BCUT2D eigenvalue weighted by atomic mass is 10.3. The summed E-state index contributed by atoms with van der Waals surface area (Å²) in [7, 11) is 0. The summed E-state index contributed by atoms with van der Waals surface area (Å²) in [6.07, 6.45) is 3.13. The number of ketones is 1.